The number of piperidine rings is 1. The zero-order chi connectivity index (χ0) is 22.6. The number of fused-ring (bicyclic) bond motifs is 1. The summed E-state index contributed by atoms with van der Waals surface area (Å²) in [5, 5.41) is 1.08. The van der Waals surface area contributed by atoms with Gasteiger partial charge in [-0.3, -0.25) is 4.79 Å². The lowest BCUT2D eigenvalue weighted by molar-refractivity contribution is -0.134. The summed E-state index contributed by atoms with van der Waals surface area (Å²) < 4.78 is 0. The summed E-state index contributed by atoms with van der Waals surface area (Å²) in [7, 11) is 0. The highest BCUT2D eigenvalue weighted by molar-refractivity contribution is 5.93. The number of nitrogens with zero attached hydrogens (tertiary/aromatic N) is 5. The van der Waals surface area contributed by atoms with E-state index in [0.717, 1.165) is 86.8 Å². The molecule has 0 atom stereocenters. The molecule has 2 saturated heterocycles. The second-order valence-corrected chi connectivity index (χ2v) is 9.20. The zero-order valence-corrected chi connectivity index (χ0v) is 19.5. The Labute approximate surface area is 196 Å². The third-order valence-electron chi connectivity index (χ3n) is 7.17. The van der Waals surface area contributed by atoms with Crippen LogP contribution in [0.25, 0.3) is 22.2 Å². The van der Waals surface area contributed by atoms with Gasteiger partial charge in [0.2, 0.25) is 11.9 Å². The Morgan fingerprint density at radius 2 is 1.58 bits per heavy atom. The molecule has 0 radical (unpaired) electrons. The van der Waals surface area contributed by atoms with E-state index in [9.17, 15) is 4.79 Å². The van der Waals surface area contributed by atoms with E-state index in [1.807, 2.05) is 18.2 Å². The topological polar surface area (TPSA) is 52.6 Å². The van der Waals surface area contributed by atoms with Gasteiger partial charge in [0, 0.05) is 56.6 Å². The van der Waals surface area contributed by atoms with Gasteiger partial charge in [0.25, 0.3) is 0 Å². The van der Waals surface area contributed by atoms with E-state index in [1.165, 1.54) is 0 Å². The lowest BCUT2D eigenvalue weighted by atomic mass is 9.93. The smallest absolute Gasteiger partial charge is 0.226 e. The Bertz CT molecular complexity index is 1090. The van der Waals surface area contributed by atoms with Gasteiger partial charge >= 0.3 is 0 Å². The number of para-hydroxylation sites is 1. The van der Waals surface area contributed by atoms with E-state index in [1.54, 1.807) is 0 Å². The third kappa shape index (κ3) is 4.86. The second-order valence-electron chi connectivity index (χ2n) is 9.20. The minimum atomic E-state index is 0.331. The van der Waals surface area contributed by atoms with Crippen LogP contribution in [0.1, 0.15) is 26.2 Å². The predicted molar refractivity (Wildman–Crippen MR) is 133 cm³/mol. The van der Waals surface area contributed by atoms with Crippen molar-refractivity contribution >= 4 is 22.8 Å². The Hall–Kier alpha value is -2.99. The SMILES string of the molecule is CCN1CCN(C(=O)CC2CCN(c3nc(-c4ccccc4)c4ccccc4n3)CC2)CC1. The number of anilines is 1. The van der Waals surface area contributed by atoms with E-state index < -0.39 is 0 Å². The van der Waals surface area contributed by atoms with Gasteiger partial charge in [-0.2, -0.15) is 0 Å². The standard InChI is InChI=1S/C27H33N5O/c1-2-30-16-18-31(19-17-30)25(33)20-21-12-14-32(15-13-21)27-28-24-11-7-6-10-23(24)26(29-27)22-8-4-3-5-9-22/h3-11,21H,2,12-20H2,1H3. The van der Waals surface area contributed by atoms with Crippen LogP contribution in [0.5, 0.6) is 0 Å². The Kier molecular flexibility index (Phi) is 6.53. The third-order valence-corrected chi connectivity index (χ3v) is 7.17. The van der Waals surface area contributed by atoms with Crippen molar-refractivity contribution in [2.24, 2.45) is 5.92 Å². The van der Waals surface area contributed by atoms with Gasteiger partial charge in [-0.25, -0.2) is 9.97 Å². The molecular formula is C27H33N5O. The maximum atomic E-state index is 12.8. The van der Waals surface area contributed by atoms with Crippen LogP contribution in [0.3, 0.4) is 0 Å². The summed E-state index contributed by atoms with van der Waals surface area (Å²) in [4.78, 5) is 29.5. The van der Waals surface area contributed by atoms with E-state index in [0.29, 0.717) is 18.2 Å². The number of hydrogen-bond donors (Lipinski definition) is 0. The molecule has 6 heteroatoms. The molecule has 1 aromatic heterocycles. The molecule has 0 N–H and O–H groups in total. The summed E-state index contributed by atoms with van der Waals surface area (Å²) in [6, 6.07) is 18.6. The second kappa shape index (κ2) is 9.87. The van der Waals surface area contributed by atoms with Crippen LogP contribution in [0.15, 0.2) is 54.6 Å². The fourth-order valence-corrected chi connectivity index (χ4v) is 5.05. The van der Waals surface area contributed by atoms with Gasteiger partial charge in [0.05, 0.1) is 11.2 Å². The van der Waals surface area contributed by atoms with Crippen LogP contribution in [0, 0.1) is 5.92 Å². The van der Waals surface area contributed by atoms with Gasteiger partial charge in [-0.1, -0.05) is 55.5 Å². The van der Waals surface area contributed by atoms with Gasteiger partial charge in [-0.05, 0) is 31.4 Å². The molecule has 172 valence electrons. The summed E-state index contributed by atoms with van der Waals surface area (Å²) in [6.07, 6.45) is 2.70. The highest BCUT2D eigenvalue weighted by atomic mass is 16.2. The normalized spacial score (nSPS) is 18.1. The molecule has 6 nitrogen and oxygen atoms in total. The first-order valence-electron chi connectivity index (χ1n) is 12.3. The molecule has 3 aromatic rings. The van der Waals surface area contributed by atoms with Crippen LogP contribution < -0.4 is 4.90 Å². The molecule has 2 aromatic carbocycles. The van der Waals surface area contributed by atoms with Gasteiger partial charge in [0.15, 0.2) is 0 Å². The van der Waals surface area contributed by atoms with Crippen molar-refractivity contribution in [2.45, 2.75) is 26.2 Å². The Balaban J connectivity index is 1.26. The number of likely N-dealkylation sites (N-methyl/N-ethyl adjacent to an activating group) is 1. The molecular weight excluding hydrogens is 410 g/mol. The minimum Gasteiger partial charge on any atom is -0.341 e. The molecule has 2 aliphatic rings. The predicted octanol–water partition coefficient (Wildman–Crippen LogP) is 4.07. The van der Waals surface area contributed by atoms with E-state index in [4.69, 9.17) is 9.97 Å². The molecule has 3 heterocycles. The number of benzene rings is 2. The Morgan fingerprint density at radius 1 is 0.879 bits per heavy atom. The lowest BCUT2D eigenvalue weighted by Crippen LogP contribution is -2.49. The van der Waals surface area contributed by atoms with Crippen molar-refractivity contribution in [1.29, 1.82) is 0 Å². The number of rotatable bonds is 5. The molecule has 2 aliphatic heterocycles. The largest absolute Gasteiger partial charge is 0.341 e. The number of hydrogen-bond acceptors (Lipinski definition) is 5. The average molecular weight is 444 g/mol. The molecule has 33 heavy (non-hydrogen) atoms. The van der Waals surface area contributed by atoms with E-state index in [2.05, 4.69) is 58.0 Å². The zero-order valence-electron chi connectivity index (χ0n) is 19.5. The first kappa shape index (κ1) is 21.8. The highest BCUT2D eigenvalue weighted by Crippen LogP contribution is 2.30. The molecule has 0 bridgehead atoms. The summed E-state index contributed by atoms with van der Waals surface area (Å²) in [6.45, 7) is 8.81. The Morgan fingerprint density at radius 3 is 2.30 bits per heavy atom. The fourth-order valence-electron chi connectivity index (χ4n) is 5.05. The van der Waals surface area contributed by atoms with Crippen molar-refractivity contribution in [3.05, 3.63) is 54.6 Å². The summed E-state index contributed by atoms with van der Waals surface area (Å²) in [5.74, 6) is 1.58. The van der Waals surface area contributed by atoms with E-state index >= 15 is 0 Å². The first-order valence-corrected chi connectivity index (χ1v) is 12.3. The molecule has 0 saturated carbocycles. The van der Waals surface area contributed by atoms with Crippen molar-refractivity contribution in [1.82, 2.24) is 19.8 Å². The summed E-state index contributed by atoms with van der Waals surface area (Å²) in [5.41, 5.74) is 3.07. The van der Waals surface area contributed by atoms with Gasteiger partial charge in [0.1, 0.15) is 0 Å². The summed E-state index contributed by atoms with van der Waals surface area (Å²) >= 11 is 0. The molecule has 0 unspecified atom stereocenters. The van der Waals surface area contributed by atoms with Crippen LogP contribution in [0.4, 0.5) is 5.95 Å². The van der Waals surface area contributed by atoms with Crippen LogP contribution in [-0.4, -0.2) is 71.5 Å². The maximum absolute atomic E-state index is 12.8. The average Bonchev–Trinajstić information content (AvgIpc) is 2.89. The molecule has 5 rings (SSSR count). The lowest BCUT2D eigenvalue weighted by Gasteiger charge is -2.36. The number of aromatic nitrogens is 2. The molecule has 1 amide bonds. The van der Waals surface area contributed by atoms with Crippen molar-refractivity contribution in [3.63, 3.8) is 0 Å². The van der Waals surface area contributed by atoms with Crippen LogP contribution in [0.2, 0.25) is 0 Å². The van der Waals surface area contributed by atoms with E-state index in [-0.39, 0.29) is 0 Å². The number of carbonyl (C=O) groups excluding carboxylic acids is 1. The van der Waals surface area contributed by atoms with Crippen molar-refractivity contribution < 1.29 is 4.79 Å². The minimum absolute atomic E-state index is 0.331. The number of amides is 1. The highest BCUT2D eigenvalue weighted by Gasteiger charge is 2.27. The quantitative estimate of drug-likeness (QED) is 0.595. The maximum Gasteiger partial charge on any atom is 0.226 e. The molecule has 2 fully saturated rings. The first-order chi connectivity index (χ1) is 16.2. The number of piperazine rings is 1. The fraction of sp³-hybridized carbons (Fsp3) is 0.444. The molecule has 0 aliphatic carbocycles. The van der Waals surface area contributed by atoms with Crippen LogP contribution >= 0.6 is 0 Å². The number of carbonyl (C=O) groups is 1. The van der Waals surface area contributed by atoms with Gasteiger partial charge < -0.3 is 14.7 Å². The van der Waals surface area contributed by atoms with Crippen LogP contribution in [-0.2, 0) is 4.79 Å². The van der Waals surface area contributed by atoms with Crippen molar-refractivity contribution in [3.8, 4) is 11.3 Å². The van der Waals surface area contributed by atoms with Gasteiger partial charge in [-0.15, -0.1) is 0 Å². The monoisotopic (exact) mass is 443 g/mol. The molecule has 0 spiro atoms. The van der Waals surface area contributed by atoms with Crippen molar-refractivity contribution in [2.75, 3.05) is 50.7 Å².